The molecule has 1 aliphatic heterocycles. The van der Waals surface area contributed by atoms with E-state index in [9.17, 15) is 0 Å². The van der Waals surface area contributed by atoms with Crippen LogP contribution in [0, 0.1) is 0 Å². The Labute approximate surface area is 313 Å². The maximum Gasteiger partial charge on any atom is 0.133 e. The molecular formula is C51H36N2O. The molecule has 2 aromatic heterocycles. The first-order chi connectivity index (χ1) is 26.5. The Hall–Kier alpha value is -6.84. The van der Waals surface area contributed by atoms with Crippen molar-refractivity contribution in [2.75, 3.05) is 0 Å². The molecule has 0 aliphatic carbocycles. The minimum Gasteiger partial charge on any atom is -0.457 e. The molecule has 3 heterocycles. The number of para-hydroxylation sites is 2. The van der Waals surface area contributed by atoms with Gasteiger partial charge in [0.2, 0.25) is 0 Å². The molecule has 0 bridgehead atoms. The number of benzene rings is 8. The van der Waals surface area contributed by atoms with Gasteiger partial charge in [0.15, 0.2) is 0 Å². The third-order valence-electron chi connectivity index (χ3n) is 11.6. The fraction of sp³-hybridized carbons (Fsp3) is 0.0588. The van der Waals surface area contributed by atoms with Gasteiger partial charge in [-0.25, -0.2) is 0 Å². The van der Waals surface area contributed by atoms with Gasteiger partial charge in [-0.1, -0.05) is 135 Å². The summed E-state index contributed by atoms with van der Waals surface area (Å²) in [4.78, 5) is 0. The topological polar surface area (TPSA) is 19.1 Å². The second-order valence-electron chi connectivity index (χ2n) is 15.0. The first-order valence-corrected chi connectivity index (χ1v) is 18.7. The van der Waals surface area contributed by atoms with E-state index in [1.165, 1.54) is 71.5 Å². The van der Waals surface area contributed by atoms with Crippen molar-refractivity contribution < 1.29 is 4.74 Å². The Kier molecular flexibility index (Phi) is 6.60. The quantitative estimate of drug-likeness (QED) is 0.180. The summed E-state index contributed by atoms with van der Waals surface area (Å²) in [6.07, 6.45) is 0. The number of fused-ring (bicyclic) bond motifs is 8. The van der Waals surface area contributed by atoms with Crippen LogP contribution >= 0.6 is 0 Å². The number of ether oxygens (including phenoxy) is 1. The Morgan fingerprint density at radius 2 is 0.852 bits per heavy atom. The van der Waals surface area contributed by atoms with Crippen LogP contribution in [0.4, 0.5) is 0 Å². The van der Waals surface area contributed by atoms with E-state index in [0.717, 1.165) is 28.4 Å². The third-order valence-corrected chi connectivity index (χ3v) is 11.6. The molecule has 11 rings (SSSR count). The molecule has 0 amide bonds. The highest BCUT2D eigenvalue weighted by atomic mass is 16.5. The van der Waals surface area contributed by atoms with Gasteiger partial charge >= 0.3 is 0 Å². The van der Waals surface area contributed by atoms with Gasteiger partial charge in [-0.2, -0.15) is 0 Å². The van der Waals surface area contributed by atoms with Gasteiger partial charge < -0.3 is 13.9 Å². The predicted molar refractivity (Wildman–Crippen MR) is 225 cm³/mol. The normalized spacial score (nSPS) is 13.3. The van der Waals surface area contributed by atoms with E-state index < -0.39 is 0 Å². The number of hydrogen-bond donors (Lipinski definition) is 0. The van der Waals surface area contributed by atoms with Crippen LogP contribution in [0.25, 0.3) is 77.2 Å². The summed E-state index contributed by atoms with van der Waals surface area (Å²) in [5.74, 6) is 1.82. The van der Waals surface area contributed by atoms with E-state index >= 15 is 0 Å². The summed E-state index contributed by atoms with van der Waals surface area (Å²) in [6.45, 7) is 4.68. The molecule has 0 fully saturated rings. The van der Waals surface area contributed by atoms with Crippen molar-refractivity contribution in [2.24, 2.45) is 0 Å². The van der Waals surface area contributed by atoms with Gasteiger partial charge in [-0.15, -0.1) is 0 Å². The van der Waals surface area contributed by atoms with E-state index in [1.807, 2.05) is 0 Å². The number of aromatic nitrogens is 2. The first-order valence-electron chi connectivity index (χ1n) is 18.7. The number of nitrogens with zero attached hydrogens (tertiary/aromatic N) is 2. The lowest BCUT2D eigenvalue weighted by molar-refractivity contribution is 0.420. The van der Waals surface area contributed by atoms with Crippen LogP contribution in [0.15, 0.2) is 182 Å². The predicted octanol–water partition coefficient (Wildman–Crippen LogP) is 13.6. The van der Waals surface area contributed by atoms with Crippen LogP contribution in [0.5, 0.6) is 11.5 Å². The second-order valence-corrected chi connectivity index (χ2v) is 15.0. The van der Waals surface area contributed by atoms with E-state index in [-0.39, 0.29) is 5.41 Å². The molecule has 0 unspecified atom stereocenters. The average molecular weight is 693 g/mol. The average Bonchev–Trinajstić information content (AvgIpc) is 3.72. The highest BCUT2D eigenvalue weighted by Gasteiger charge is 2.36. The lowest BCUT2D eigenvalue weighted by Gasteiger charge is -2.35. The van der Waals surface area contributed by atoms with Gasteiger partial charge in [0, 0.05) is 55.5 Å². The summed E-state index contributed by atoms with van der Waals surface area (Å²) in [5, 5.41) is 4.85. The third kappa shape index (κ3) is 4.55. The number of hydrogen-bond acceptors (Lipinski definition) is 1. The summed E-state index contributed by atoms with van der Waals surface area (Å²) in [5.41, 5.74) is 13.8. The summed E-state index contributed by atoms with van der Waals surface area (Å²) < 4.78 is 11.8. The van der Waals surface area contributed by atoms with E-state index in [1.54, 1.807) is 0 Å². The molecule has 3 nitrogen and oxygen atoms in total. The van der Waals surface area contributed by atoms with Crippen molar-refractivity contribution >= 4 is 43.6 Å². The minimum absolute atomic E-state index is 0.319. The lowest BCUT2D eigenvalue weighted by Crippen LogP contribution is -2.24. The van der Waals surface area contributed by atoms with Crippen LogP contribution in [-0.2, 0) is 5.41 Å². The van der Waals surface area contributed by atoms with Gasteiger partial charge in [-0.05, 0) is 76.9 Å². The fourth-order valence-corrected chi connectivity index (χ4v) is 8.85. The summed E-state index contributed by atoms with van der Waals surface area (Å²) in [7, 11) is 0. The second kappa shape index (κ2) is 11.6. The molecule has 0 saturated heterocycles. The minimum atomic E-state index is -0.319. The molecule has 0 spiro atoms. The zero-order valence-electron chi connectivity index (χ0n) is 30.1. The first kappa shape index (κ1) is 30.8. The highest BCUT2D eigenvalue weighted by molar-refractivity contribution is 6.12. The van der Waals surface area contributed by atoms with E-state index in [2.05, 4.69) is 205 Å². The van der Waals surface area contributed by atoms with E-state index in [4.69, 9.17) is 4.74 Å². The SMILES string of the molecule is CC1(C)c2cc3c4ccccc4n(-c4cccc(-c5ccccc5)c4)c3cc2Oc2cc3c4ccccc4n(-c4ccc(-c5ccccc5)cc4)c3cc21. The molecule has 0 atom stereocenters. The van der Waals surface area contributed by atoms with Crippen molar-refractivity contribution in [2.45, 2.75) is 19.3 Å². The summed E-state index contributed by atoms with van der Waals surface area (Å²) >= 11 is 0. The smallest absolute Gasteiger partial charge is 0.133 e. The molecular weight excluding hydrogens is 657 g/mol. The van der Waals surface area contributed by atoms with Gasteiger partial charge in [0.1, 0.15) is 11.5 Å². The van der Waals surface area contributed by atoms with Gasteiger partial charge in [0.25, 0.3) is 0 Å². The maximum absolute atomic E-state index is 7.02. The summed E-state index contributed by atoms with van der Waals surface area (Å²) in [6, 6.07) is 65.7. The molecule has 54 heavy (non-hydrogen) atoms. The molecule has 1 aliphatic rings. The number of rotatable bonds is 4. The molecule has 0 saturated carbocycles. The fourth-order valence-electron chi connectivity index (χ4n) is 8.85. The van der Waals surface area contributed by atoms with E-state index in [0.29, 0.717) is 0 Å². The Morgan fingerprint density at radius 3 is 1.54 bits per heavy atom. The van der Waals surface area contributed by atoms with Crippen molar-refractivity contribution in [1.29, 1.82) is 0 Å². The Bertz CT molecular complexity index is 3080. The largest absolute Gasteiger partial charge is 0.457 e. The molecule has 8 aromatic carbocycles. The van der Waals surface area contributed by atoms with Crippen LogP contribution in [0.2, 0.25) is 0 Å². The van der Waals surface area contributed by atoms with Crippen LogP contribution in [0.3, 0.4) is 0 Å². The molecule has 0 radical (unpaired) electrons. The Morgan fingerprint density at radius 1 is 0.352 bits per heavy atom. The van der Waals surface area contributed by atoms with Crippen LogP contribution < -0.4 is 4.74 Å². The highest BCUT2D eigenvalue weighted by Crippen LogP contribution is 2.52. The van der Waals surface area contributed by atoms with Crippen molar-refractivity contribution in [3.05, 3.63) is 193 Å². The molecule has 10 aromatic rings. The maximum atomic E-state index is 7.02. The zero-order chi connectivity index (χ0) is 36.0. The van der Waals surface area contributed by atoms with Crippen molar-refractivity contribution in [1.82, 2.24) is 9.13 Å². The Balaban J connectivity index is 1.09. The monoisotopic (exact) mass is 692 g/mol. The molecule has 0 N–H and O–H groups in total. The van der Waals surface area contributed by atoms with Gasteiger partial charge in [-0.3, -0.25) is 0 Å². The lowest BCUT2D eigenvalue weighted by atomic mass is 9.75. The van der Waals surface area contributed by atoms with Crippen molar-refractivity contribution in [3.63, 3.8) is 0 Å². The van der Waals surface area contributed by atoms with Gasteiger partial charge in [0.05, 0.1) is 22.1 Å². The molecule has 3 heteroatoms. The van der Waals surface area contributed by atoms with Crippen LogP contribution in [-0.4, -0.2) is 9.13 Å². The zero-order valence-corrected chi connectivity index (χ0v) is 30.1. The van der Waals surface area contributed by atoms with Crippen molar-refractivity contribution in [3.8, 4) is 45.1 Å². The van der Waals surface area contributed by atoms with Crippen LogP contribution in [0.1, 0.15) is 25.0 Å². The standard InChI is InChI=1S/C51H36N2O/c1-51(2)43-29-41-39-20-9-12-23-46(39)53(38-19-13-18-36(28-38)34-16-7-4-8-17-34)48(41)32-50(43)54-49-30-42-40-21-10-11-22-45(40)52(47(42)31-44(49)51)37-26-24-35(25-27-37)33-14-5-3-6-15-33/h3-32H,1-2H3. The molecule has 256 valence electrons.